The van der Waals surface area contributed by atoms with Crippen molar-refractivity contribution in [1.29, 1.82) is 0 Å². The van der Waals surface area contributed by atoms with Crippen LogP contribution in [0.5, 0.6) is 0 Å². The Balaban J connectivity index is 1.60. The maximum Gasteiger partial charge on any atom is 0.255 e. The van der Waals surface area contributed by atoms with E-state index in [0.717, 1.165) is 43.3 Å². The van der Waals surface area contributed by atoms with Crippen LogP contribution in [0, 0.1) is 5.82 Å². The van der Waals surface area contributed by atoms with Crippen molar-refractivity contribution < 1.29 is 9.18 Å². The van der Waals surface area contributed by atoms with Crippen molar-refractivity contribution in [2.75, 3.05) is 13.1 Å². The van der Waals surface area contributed by atoms with Crippen LogP contribution < -0.4 is 16.5 Å². The Bertz CT molecular complexity index is 1440. The molecular weight excluding hydrogens is 455 g/mol. The van der Waals surface area contributed by atoms with E-state index in [2.05, 4.69) is 28.7 Å². The van der Waals surface area contributed by atoms with Crippen LogP contribution in [-0.4, -0.2) is 40.5 Å². The third-order valence-electron chi connectivity index (χ3n) is 6.95. The van der Waals surface area contributed by atoms with E-state index in [0.29, 0.717) is 16.4 Å². The molecule has 36 heavy (non-hydrogen) atoms. The lowest BCUT2D eigenvalue weighted by Gasteiger charge is -2.32. The van der Waals surface area contributed by atoms with Crippen molar-refractivity contribution in [3.8, 4) is 0 Å². The summed E-state index contributed by atoms with van der Waals surface area (Å²) in [5.41, 5.74) is 7.70. The molecule has 4 rings (SSSR count). The summed E-state index contributed by atoms with van der Waals surface area (Å²) in [5, 5.41) is 3.59. The molecule has 0 spiro atoms. The van der Waals surface area contributed by atoms with Crippen LogP contribution >= 0.6 is 0 Å². The lowest BCUT2D eigenvalue weighted by Crippen LogP contribution is -2.44. The number of likely N-dealkylation sites (tertiary alicyclic amines) is 1. The molecule has 0 aliphatic carbocycles. The minimum absolute atomic E-state index is 0.138. The van der Waals surface area contributed by atoms with E-state index in [1.54, 1.807) is 24.3 Å². The number of halogens is 1. The Morgan fingerprint density at radius 3 is 2.56 bits per heavy atom. The Hall–Kier alpha value is -3.71. The number of pyridine rings is 1. The van der Waals surface area contributed by atoms with Gasteiger partial charge in [-0.05, 0) is 69.5 Å². The van der Waals surface area contributed by atoms with Gasteiger partial charge in [0.15, 0.2) is 5.43 Å². The molecule has 1 aromatic heterocycles. The standard InChI is InChI=1S/C29H33FN4O2/c1-5-19(11-10-18(2)34-14-12-20(31)13-15-34)29(3,4)33-28(36)22-17-26-23(16-24(22)30)27(35)21-8-6-7-9-25(21)32-26/h5-11,16-17,20H,1,12-15,31H2,2-4H3,(H,32,35)(H,33,36)/b18-10+,19-11+. The first-order valence-corrected chi connectivity index (χ1v) is 12.2. The second-order valence-electron chi connectivity index (χ2n) is 9.92. The average Bonchev–Trinajstić information content (AvgIpc) is 2.84. The van der Waals surface area contributed by atoms with Crippen molar-refractivity contribution in [2.45, 2.75) is 45.2 Å². The number of aromatic amines is 1. The molecule has 6 nitrogen and oxygen atoms in total. The van der Waals surface area contributed by atoms with Gasteiger partial charge in [-0.15, -0.1) is 0 Å². The number of para-hydroxylation sites is 1. The molecule has 1 aliphatic heterocycles. The Morgan fingerprint density at radius 2 is 1.86 bits per heavy atom. The quantitative estimate of drug-likeness (QED) is 0.344. The van der Waals surface area contributed by atoms with Gasteiger partial charge in [0, 0.05) is 41.1 Å². The van der Waals surface area contributed by atoms with Crippen LogP contribution in [0.15, 0.2) is 77.3 Å². The number of carbonyl (C=O) groups is 1. The summed E-state index contributed by atoms with van der Waals surface area (Å²) in [6.07, 6.45) is 7.55. The van der Waals surface area contributed by atoms with Gasteiger partial charge in [-0.1, -0.05) is 30.9 Å². The number of rotatable bonds is 6. The SMILES string of the molecule is C=C/C(=C\C=C(/C)N1CCC(N)CC1)C(C)(C)NC(=O)c1cc2[nH]c3ccccc3c(=O)c2cc1F. The van der Waals surface area contributed by atoms with Crippen LogP contribution in [0.3, 0.4) is 0 Å². The molecule has 1 saturated heterocycles. The van der Waals surface area contributed by atoms with Gasteiger partial charge in [-0.25, -0.2) is 4.39 Å². The smallest absolute Gasteiger partial charge is 0.255 e. The molecule has 0 radical (unpaired) electrons. The molecular formula is C29H33FN4O2. The van der Waals surface area contributed by atoms with Gasteiger partial charge in [0.1, 0.15) is 5.82 Å². The summed E-state index contributed by atoms with van der Waals surface area (Å²) in [6.45, 7) is 11.5. The van der Waals surface area contributed by atoms with Gasteiger partial charge in [0.2, 0.25) is 0 Å². The highest BCUT2D eigenvalue weighted by atomic mass is 19.1. The number of carbonyl (C=O) groups excluding carboxylic acids is 1. The number of amides is 1. The second-order valence-corrected chi connectivity index (χ2v) is 9.92. The predicted octanol–water partition coefficient (Wildman–Crippen LogP) is 4.77. The average molecular weight is 489 g/mol. The summed E-state index contributed by atoms with van der Waals surface area (Å²) < 4.78 is 15.0. The maximum atomic E-state index is 15.0. The van der Waals surface area contributed by atoms with Crippen LogP contribution in [0.1, 0.15) is 44.0 Å². The minimum atomic E-state index is -0.821. The van der Waals surface area contributed by atoms with Crippen LogP contribution in [-0.2, 0) is 0 Å². The number of aromatic nitrogens is 1. The molecule has 1 aliphatic rings. The van der Waals surface area contributed by atoms with Crippen molar-refractivity contribution in [2.24, 2.45) is 5.73 Å². The van der Waals surface area contributed by atoms with Crippen molar-refractivity contribution in [3.63, 3.8) is 0 Å². The lowest BCUT2D eigenvalue weighted by atomic mass is 9.92. The van der Waals surface area contributed by atoms with E-state index in [9.17, 15) is 9.59 Å². The summed E-state index contributed by atoms with van der Waals surface area (Å²) in [4.78, 5) is 31.4. The van der Waals surface area contributed by atoms with E-state index >= 15 is 4.39 Å². The molecule has 2 aromatic carbocycles. The number of H-pyrrole nitrogens is 1. The first kappa shape index (κ1) is 25.4. The number of hydrogen-bond acceptors (Lipinski definition) is 4. The number of hydrogen-bond donors (Lipinski definition) is 3. The van der Waals surface area contributed by atoms with E-state index in [1.165, 1.54) is 6.07 Å². The number of nitrogens with two attached hydrogens (primary N) is 1. The van der Waals surface area contributed by atoms with Gasteiger partial charge in [0.05, 0.1) is 16.6 Å². The maximum absolute atomic E-state index is 15.0. The largest absolute Gasteiger partial charge is 0.375 e. The number of nitrogens with zero attached hydrogens (tertiary/aromatic N) is 1. The van der Waals surface area contributed by atoms with Crippen LogP contribution in [0.25, 0.3) is 21.8 Å². The molecule has 1 amide bonds. The molecule has 1 fully saturated rings. The summed E-state index contributed by atoms with van der Waals surface area (Å²) in [7, 11) is 0. The van der Waals surface area contributed by atoms with E-state index in [1.807, 2.05) is 32.1 Å². The van der Waals surface area contributed by atoms with Crippen molar-refractivity contribution in [1.82, 2.24) is 15.2 Å². The molecule has 3 aromatic rings. The predicted molar refractivity (Wildman–Crippen MR) is 144 cm³/mol. The number of nitrogens with one attached hydrogen (secondary N) is 2. The molecule has 7 heteroatoms. The van der Waals surface area contributed by atoms with Crippen molar-refractivity contribution >= 4 is 27.7 Å². The summed E-state index contributed by atoms with van der Waals surface area (Å²) in [6, 6.07) is 9.81. The van der Waals surface area contributed by atoms with Crippen molar-refractivity contribution in [3.05, 3.63) is 94.1 Å². The fraction of sp³-hybridized carbons (Fsp3) is 0.310. The molecule has 0 unspecified atom stereocenters. The number of fused-ring (bicyclic) bond motifs is 2. The Kier molecular flexibility index (Phi) is 7.13. The summed E-state index contributed by atoms with van der Waals surface area (Å²) in [5.74, 6) is -1.33. The Morgan fingerprint density at radius 1 is 1.17 bits per heavy atom. The molecule has 0 saturated carbocycles. The topological polar surface area (TPSA) is 91.2 Å². The molecule has 188 valence electrons. The molecule has 2 heterocycles. The zero-order chi connectivity index (χ0) is 26.0. The van der Waals surface area contributed by atoms with Gasteiger partial charge >= 0.3 is 0 Å². The second kappa shape index (κ2) is 10.1. The minimum Gasteiger partial charge on any atom is -0.375 e. The highest BCUT2D eigenvalue weighted by Crippen LogP contribution is 2.23. The van der Waals surface area contributed by atoms with Gasteiger partial charge in [-0.3, -0.25) is 9.59 Å². The first-order valence-electron chi connectivity index (χ1n) is 12.2. The number of benzene rings is 2. The first-order chi connectivity index (χ1) is 17.1. The van der Waals surface area contributed by atoms with Gasteiger partial charge < -0.3 is 20.9 Å². The fourth-order valence-electron chi connectivity index (χ4n) is 4.64. The number of piperidine rings is 1. The fourth-order valence-corrected chi connectivity index (χ4v) is 4.64. The molecule has 0 atom stereocenters. The summed E-state index contributed by atoms with van der Waals surface area (Å²) >= 11 is 0. The highest BCUT2D eigenvalue weighted by Gasteiger charge is 2.26. The zero-order valence-corrected chi connectivity index (χ0v) is 21.0. The van der Waals surface area contributed by atoms with E-state index in [4.69, 9.17) is 5.73 Å². The van der Waals surface area contributed by atoms with Gasteiger partial charge in [-0.2, -0.15) is 0 Å². The Labute approximate surface area is 210 Å². The monoisotopic (exact) mass is 488 g/mol. The number of allylic oxidation sites excluding steroid dienone is 3. The highest BCUT2D eigenvalue weighted by molar-refractivity contribution is 6.00. The third-order valence-corrected chi connectivity index (χ3v) is 6.95. The lowest BCUT2D eigenvalue weighted by molar-refractivity contribution is 0.0921. The third kappa shape index (κ3) is 5.11. The van der Waals surface area contributed by atoms with Gasteiger partial charge in [0.25, 0.3) is 5.91 Å². The molecule has 0 bridgehead atoms. The molecule has 4 N–H and O–H groups in total. The zero-order valence-electron chi connectivity index (χ0n) is 21.0. The normalized spacial score (nSPS) is 16.0. The van der Waals surface area contributed by atoms with E-state index in [-0.39, 0.29) is 22.4 Å². The van der Waals surface area contributed by atoms with Crippen LogP contribution in [0.2, 0.25) is 0 Å². The van der Waals surface area contributed by atoms with E-state index < -0.39 is 17.3 Å². The van der Waals surface area contributed by atoms with Crippen LogP contribution in [0.4, 0.5) is 4.39 Å².